The van der Waals surface area contributed by atoms with Crippen LogP contribution in [0.2, 0.25) is 0 Å². The van der Waals surface area contributed by atoms with Crippen molar-refractivity contribution in [2.75, 3.05) is 0 Å². The number of nitrogens with one attached hydrogen (secondary N) is 1. The molecule has 0 radical (unpaired) electrons. The molecule has 1 fully saturated rings. The minimum Gasteiger partial charge on any atom is -0.476 e. The summed E-state index contributed by atoms with van der Waals surface area (Å²) in [7, 11) is 0. The van der Waals surface area contributed by atoms with Crippen LogP contribution in [0.1, 0.15) is 36.7 Å². The van der Waals surface area contributed by atoms with E-state index in [1.807, 2.05) is 6.92 Å². The van der Waals surface area contributed by atoms with E-state index in [1.165, 1.54) is 17.3 Å². The van der Waals surface area contributed by atoms with Gasteiger partial charge >= 0.3 is 5.97 Å². The highest BCUT2D eigenvalue weighted by Gasteiger charge is 2.25. The van der Waals surface area contributed by atoms with Crippen LogP contribution in [-0.4, -0.2) is 38.0 Å². The number of carboxylic acids is 1. The van der Waals surface area contributed by atoms with E-state index < -0.39 is 5.97 Å². The number of nitrogens with zero attached hydrogens (tertiary/aromatic N) is 3. The zero-order valence-corrected chi connectivity index (χ0v) is 10.2. The Morgan fingerprint density at radius 2 is 2.33 bits per heavy atom. The van der Waals surface area contributed by atoms with Gasteiger partial charge in [-0.3, -0.25) is 4.79 Å². The van der Waals surface area contributed by atoms with Gasteiger partial charge in [-0.25, -0.2) is 9.48 Å². The highest BCUT2D eigenvalue weighted by Crippen LogP contribution is 2.29. The maximum absolute atomic E-state index is 11.7. The predicted molar refractivity (Wildman–Crippen MR) is 61.9 cm³/mol. The van der Waals surface area contributed by atoms with Crippen molar-refractivity contribution in [1.29, 1.82) is 0 Å². The molecule has 1 amide bonds. The summed E-state index contributed by atoms with van der Waals surface area (Å²) in [5, 5.41) is 18.6. The molecule has 18 heavy (non-hydrogen) atoms. The monoisotopic (exact) mass is 252 g/mol. The lowest BCUT2D eigenvalue weighted by atomic mass is 9.80. The van der Waals surface area contributed by atoms with Crippen molar-refractivity contribution in [2.45, 2.75) is 38.8 Å². The molecule has 98 valence electrons. The van der Waals surface area contributed by atoms with Crippen LogP contribution in [0.15, 0.2) is 6.20 Å². The molecule has 1 aromatic rings. The second-order valence-corrected chi connectivity index (χ2v) is 4.65. The zero-order chi connectivity index (χ0) is 13.1. The lowest BCUT2D eigenvalue weighted by Crippen LogP contribution is -2.42. The smallest absolute Gasteiger partial charge is 0.358 e. The van der Waals surface area contributed by atoms with Crippen LogP contribution in [0.25, 0.3) is 0 Å². The van der Waals surface area contributed by atoms with Gasteiger partial charge < -0.3 is 10.4 Å². The molecule has 0 aromatic carbocycles. The largest absolute Gasteiger partial charge is 0.476 e. The molecule has 1 aliphatic rings. The summed E-state index contributed by atoms with van der Waals surface area (Å²) in [6.45, 7) is 1.99. The van der Waals surface area contributed by atoms with E-state index in [9.17, 15) is 9.59 Å². The minimum atomic E-state index is -1.15. The number of aromatic nitrogens is 3. The van der Waals surface area contributed by atoms with Crippen LogP contribution < -0.4 is 5.32 Å². The molecular formula is C11H16N4O3. The van der Waals surface area contributed by atoms with Crippen molar-refractivity contribution in [3.63, 3.8) is 0 Å². The number of amides is 1. The highest BCUT2D eigenvalue weighted by atomic mass is 16.4. The van der Waals surface area contributed by atoms with Gasteiger partial charge in [0.2, 0.25) is 5.91 Å². The third kappa shape index (κ3) is 2.85. The van der Waals surface area contributed by atoms with E-state index in [1.54, 1.807) is 0 Å². The summed E-state index contributed by atoms with van der Waals surface area (Å²) in [6, 6.07) is 0.161. The van der Waals surface area contributed by atoms with Gasteiger partial charge in [0.25, 0.3) is 0 Å². The van der Waals surface area contributed by atoms with Gasteiger partial charge in [-0.1, -0.05) is 11.6 Å². The number of hydrogen-bond acceptors (Lipinski definition) is 4. The summed E-state index contributed by atoms with van der Waals surface area (Å²) in [5.41, 5.74) is -0.158. The zero-order valence-electron chi connectivity index (χ0n) is 10.2. The van der Waals surface area contributed by atoms with E-state index in [2.05, 4.69) is 15.6 Å². The molecule has 1 unspecified atom stereocenters. The Hall–Kier alpha value is -1.92. The fourth-order valence-electron chi connectivity index (χ4n) is 1.98. The molecule has 7 heteroatoms. The average molecular weight is 252 g/mol. The van der Waals surface area contributed by atoms with Crippen molar-refractivity contribution in [3.8, 4) is 0 Å². The summed E-state index contributed by atoms with van der Waals surface area (Å²) in [4.78, 5) is 22.3. The quantitative estimate of drug-likeness (QED) is 0.784. The molecule has 1 aliphatic carbocycles. The van der Waals surface area contributed by atoms with E-state index in [0.717, 1.165) is 12.8 Å². The Balaban J connectivity index is 1.84. The molecule has 0 aliphatic heterocycles. The molecule has 1 saturated carbocycles. The van der Waals surface area contributed by atoms with Crippen molar-refractivity contribution in [1.82, 2.24) is 20.3 Å². The van der Waals surface area contributed by atoms with Crippen molar-refractivity contribution in [2.24, 2.45) is 5.92 Å². The van der Waals surface area contributed by atoms with E-state index in [-0.39, 0.29) is 24.2 Å². The first-order valence-corrected chi connectivity index (χ1v) is 5.99. The summed E-state index contributed by atoms with van der Waals surface area (Å²) >= 11 is 0. The van der Waals surface area contributed by atoms with Gasteiger partial charge in [-0.15, -0.1) is 5.10 Å². The third-order valence-electron chi connectivity index (χ3n) is 3.31. The molecule has 7 nitrogen and oxygen atoms in total. The van der Waals surface area contributed by atoms with Crippen molar-refractivity contribution in [3.05, 3.63) is 11.9 Å². The first-order chi connectivity index (χ1) is 8.56. The molecule has 2 rings (SSSR count). The van der Waals surface area contributed by atoms with Crippen molar-refractivity contribution >= 4 is 11.9 Å². The number of aromatic carboxylic acids is 1. The molecule has 1 atom stereocenters. The number of hydrogen-bond donors (Lipinski definition) is 2. The summed E-state index contributed by atoms with van der Waals surface area (Å²) in [5.74, 6) is -0.750. The number of carbonyl (C=O) groups is 2. The molecule has 1 aromatic heterocycles. The first-order valence-electron chi connectivity index (χ1n) is 5.99. The van der Waals surface area contributed by atoms with E-state index in [0.29, 0.717) is 5.92 Å². The SMILES string of the molecule is CC(NC(=O)Cn1cc(C(=O)O)nn1)C1CCC1. The maximum atomic E-state index is 11.7. The Morgan fingerprint density at radius 1 is 1.61 bits per heavy atom. The fraction of sp³-hybridized carbons (Fsp3) is 0.636. The molecule has 0 saturated heterocycles. The van der Waals surface area contributed by atoms with Crippen LogP contribution in [0.4, 0.5) is 0 Å². The average Bonchev–Trinajstić information content (AvgIpc) is 2.62. The summed E-state index contributed by atoms with van der Waals surface area (Å²) in [6.07, 6.45) is 4.80. The van der Waals surface area contributed by atoms with Gasteiger partial charge in [0.1, 0.15) is 6.54 Å². The van der Waals surface area contributed by atoms with Crippen LogP contribution in [0.5, 0.6) is 0 Å². The van der Waals surface area contributed by atoms with Crippen LogP contribution in [0.3, 0.4) is 0 Å². The highest BCUT2D eigenvalue weighted by molar-refractivity contribution is 5.84. The molecule has 0 bridgehead atoms. The van der Waals surface area contributed by atoms with E-state index >= 15 is 0 Å². The van der Waals surface area contributed by atoms with Crippen LogP contribution in [0, 0.1) is 5.92 Å². The van der Waals surface area contributed by atoms with Crippen LogP contribution >= 0.6 is 0 Å². The van der Waals surface area contributed by atoms with Crippen LogP contribution in [-0.2, 0) is 11.3 Å². The van der Waals surface area contributed by atoms with Gasteiger partial charge in [0.15, 0.2) is 5.69 Å². The topological polar surface area (TPSA) is 97.1 Å². The third-order valence-corrected chi connectivity index (χ3v) is 3.31. The number of carboxylic acid groups (broad SMARTS) is 1. The van der Waals surface area contributed by atoms with Gasteiger partial charge in [-0.05, 0) is 25.7 Å². The van der Waals surface area contributed by atoms with Gasteiger partial charge in [0, 0.05) is 6.04 Å². The second-order valence-electron chi connectivity index (χ2n) is 4.65. The van der Waals surface area contributed by atoms with Gasteiger partial charge in [-0.2, -0.15) is 0 Å². The fourth-order valence-corrected chi connectivity index (χ4v) is 1.98. The number of rotatable bonds is 5. The van der Waals surface area contributed by atoms with Crippen molar-refractivity contribution < 1.29 is 14.7 Å². The molecule has 1 heterocycles. The Labute approximate surface area is 104 Å². The molecule has 0 spiro atoms. The summed E-state index contributed by atoms with van der Waals surface area (Å²) < 4.78 is 1.23. The maximum Gasteiger partial charge on any atom is 0.358 e. The normalized spacial score (nSPS) is 16.9. The Bertz CT molecular complexity index is 453. The van der Waals surface area contributed by atoms with Gasteiger partial charge in [0.05, 0.1) is 6.20 Å². The predicted octanol–water partition coefficient (Wildman–Crippen LogP) is 0.281. The Kier molecular flexibility index (Phi) is 3.59. The molecule has 2 N–H and O–H groups in total. The lowest BCUT2D eigenvalue weighted by Gasteiger charge is -2.31. The van der Waals surface area contributed by atoms with E-state index in [4.69, 9.17) is 5.11 Å². The standard InChI is InChI=1S/C11H16N4O3/c1-7(8-3-2-4-8)12-10(16)6-15-5-9(11(17)18)13-14-15/h5,7-8H,2-4,6H2,1H3,(H,12,16)(H,17,18). The number of carbonyl (C=O) groups excluding carboxylic acids is 1. The second kappa shape index (κ2) is 5.16. The lowest BCUT2D eigenvalue weighted by molar-refractivity contribution is -0.123. The Morgan fingerprint density at radius 3 is 2.83 bits per heavy atom. The first kappa shape index (κ1) is 12.5. The minimum absolute atomic E-state index is 0.00264. The molecular weight excluding hydrogens is 236 g/mol.